The van der Waals surface area contributed by atoms with E-state index in [1.165, 1.54) is 0 Å². The molecule has 1 saturated heterocycles. The number of nitrogens with one attached hydrogen (secondary N) is 1. The number of halogens is 1. The van der Waals surface area contributed by atoms with Crippen LogP contribution < -0.4 is 10.9 Å². The summed E-state index contributed by atoms with van der Waals surface area (Å²) < 4.78 is 11.9. The minimum absolute atomic E-state index is 0. The summed E-state index contributed by atoms with van der Waals surface area (Å²) in [6, 6.07) is 5.84. The number of rotatable bonds is 3. The molecule has 1 aliphatic heterocycles. The topological polar surface area (TPSA) is 43.4 Å². The third kappa shape index (κ3) is 3.22. The smallest absolute Gasteiger partial charge is 0.398 e. The highest BCUT2D eigenvalue weighted by atomic mass is 35.5. The van der Waals surface area contributed by atoms with Crippen molar-refractivity contribution in [3.63, 3.8) is 0 Å². The molecule has 1 aromatic rings. The fraction of sp³-hybridized carbons (Fsp3) is 0.615. The minimum atomic E-state index is -0.395. The third-order valence-corrected chi connectivity index (χ3v) is 3.62. The van der Waals surface area contributed by atoms with Gasteiger partial charge in [-0.15, -0.1) is 12.4 Å². The molecule has 6 heteroatoms. The summed E-state index contributed by atoms with van der Waals surface area (Å²) in [5.74, 6) is 0.852. The molecule has 0 amide bonds. The molecular formula is C13H22BClN2O2. The Morgan fingerprint density at radius 3 is 2.26 bits per heavy atom. The Labute approximate surface area is 121 Å². The molecule has 19 heavy (non-hydrogen) atoms. The summed E-state index contributed by atoms with van der Waals surface area (Å²) in [4.78, 5) is 4.51. The molecule has 0 atom stereocenters. The van der Waals surface area contributed by atoms with Gasteiger partial charge in [0.15, 0.2) is 0 Å². The quantitative estimate of drug-likeness (QED) is 0.865. The van der Waals surface area contributed by atoms with Gasteiger partial charge in [0.2, 0.25) is 0 Å². The Morgan fingerprint density at radius 2 is 1.74 bits per heavy atom. The van der Waals surface area contributed by atoms with Crippen molar-refractivity contribution in [1.82, 2.24) is 4.98 Å². The highest BCUT2D eigenvalue weighted by Crippen LogP contribution is 2.36. The molecule has 106 valence electrons. The monoisotopic (exact) mass is 284 g/mol. The van der Waals surface area contributed by atoms with E-state index in [9.17, 15) is 0 Å². The van der Waals surface area contributed by atoms with Gasteiger partial charge in [0, 0.05) is 6.54 Å². The maximum atomic E-state index is 5.97. The van der Waals surface area contributed by atoms with Gasteiger partial charge in [-0.2, -0.15) is 0 Å². The first-order chi connectivity index (χ1) is 8.36. The molecule has 0 spiro atoms. The van der Waals surface area contributed by atoms with E-state index in [0.717, 1.165) is 18.0 Å². The molecule has 1 aromatic heterocycles. The Balaban J connectivity index is 0.00000180. The van der Waals surface area contributed by atoms with Crippen molar-refractivity contribution in [2.45, 2.75) is 45.8 Å². The van der Waals surface area contributed by atoms with E-state index in [4.69, 9.17) is 9.31 Å². The normalized spacial score (nSPS) is 19.9. The largest absolute Gasteiger partial charge is 0.514 e. The second-order valence-corrected chi connectivity index (χ2v) is 5.57. The van der Waals surface area contributed by atoms with Crippen LogP contribution in [-0.4, -0.2) is 29.8 Å². The molecule has 1 N–H and O–H groups in total. The van der Waals surface area contributed by atoms with Gasteiger partial charge in [0.05, 0.1) is 16.8 Å². The second kappa shape index (κ2) is 5.69. The molecule has 0 aromatic carbocycles. The predicted octanol–water partition coefficient (Wildman–Crippen LogP) is 2.23. The summed E-state index contributed by atoms with van der Waals surface area (Å²) in [6.07, 6.45) is 0. The van der Waals surface area contributed by atoms with Crippen LogP contribution in [0.2, 0.25) is 0 Å². The van der Waals surface area contributed by atoms with E-state index in [0.29, 0.717) is 0 Å². The minimum Gasteiger partial charge on any atom is -0.398 e. The number of aromatic nitrogens is 1. The lowest BCUT2D eigenvalue weighted by Gasteiger charge is -2.32. The van der Waals surface area contributed by atoms with Crippen molar-refractivity contribution >= 4 is 30.9 Å². The number of anilines is 1. The van der Waals surface area contributed by atoms with Crippen molar-refractivity contribution in [2.75, 3.05) is 11.9 Å². The summed E-state index contributed by atoms with van der Waals surface area (Å²) in [5.41, 5.74) is 0.160. The average Bonchev–Trinajstić information content (AvgIpc) is 2.49. The predicted molar refractivity (Wildman–Crippen MR) is 81.4 cm³/mol. The van der Waals surface area contributed by atoms with Crippen LogP contribution in [0.4, 0.5) is 5.82 Å². The molecule has 2 rings (SSSR count). The maximum absolute atomic E-state index is 5.97. The molecule has 0 radical (unpaired) electrons. The summed E-state index contributed by atoms with van der Waals surface area (Å²) in [5, 5.41) is 3.19. The van der Waals surface area contributed by atoms with E-state index in [1.807, 2.05) is 52.8 Å². The Morgan fingerprint density at radius 1 is 1.16 bits per heavy atom. The van der Waals surface area contributed by atoms with E-state index in [-0.39, 0.29) is 23.6 Å². The van der Waals surface area contributed by atoms with Crippen LogP contribution >= 0.6 is 12.4 Å². The van der Waals surface area contributed by atoms with Crippen LogP contribution in [-0.2, 0) is 9.31 Å². The number of hydrogen-bond acceptors (Lipinski definition) is 4. The highest BCUT2D eigenvalue weighted by Gasteiger charge is 2.52. The summed E-state index contributed by atoms with van der Waals surface area (Å²) >= 11 is 0. The van der Waals surface area contributed by atoms with E-state index in [1.54, 1.807) is 0 Å². The first-order valence-corrected chi connectivity index (χ1v) is 6.42. The highest BCUT2D eigenvalue weighted by molar-refractivity contribution is 6.61. The lowest BCUT2D eigenvalue weighted by atomic mass is 9.84. The van der Waals surface area contributed by atoms with Crippen molar-refractivity contribution < 1.29 is 9.31 Å². The molecule has 2 heterocycles. The van der Waals surface area contributed by atoms with Crippen molar-refractivity contribution in [2.24, 2.45) is 0 Å². The van der Waals surface area contributed by atoms with Gasteiger partial charge in [-0.25, -0.2) is 4.98 Å². The zero-order chi connectivity index (χ0) is 13.4. The van der Waals surface area contributed by atoms with Crippen LogP contribution in [0.5, 0.6) is 0 Å². The van der Waals surface area contributed by atoms with Gasteiger partial charge in [-0.3, -0.25) is 0 Å². The van der Waals surface area contributed by atoms with E-state index >= 15 is 0 Å². The third-order valence-electron chi connectivity index (χ3n) is 3.62. The first kappa shape index (κ1) is 16.3. The number of pyridine rings is 1. The lowest BCUT2D eigenvalue weighted by molar-refractivity contribution is 0.00578. The van der Waals surface area contributed by atoms with Crippen molar-refractivity contribution in [3.8, 4) is 0 Å². The maximum Gasteiger partial charge on any atom is 0.514 e. The van der Waals surface area contributed by atoms with Crippen LogP contribution in [0.25, 0.3) is 0 Å². The van der Waals surface area contributed by atoms with Gasteiger partial charge in [-0.05, 0) is 46.8 Å². The summed E-state index contributed by atoms with van der Waals surface area (Å²) in [6.45, 7) is 11.1. The number of nitrogens with zero attached hydrogens (tertiary/aromatic N) is 1. The van der Waals surface area contributed by atoms with Gasteiger partial charge in [-0.1, -0.05) is 6.07 Å². The van der Waals surface area contributed by atoms with Crippen LogP contribution in [0.15, 0.2) is 18.2 Å². The van der Waals surface area contributed by atoms with Crippen LogP contribution in [0.1, 0.15) is 34.6 Å². The Kier molecular flexibility index (Phi) is 4.88. The second-order valence-electron chi connectivity index (χ2n) is 5.57. The number of hydrogen-bond donors (Lipinski definition) is 1. The molecule has 0 aliphatic carbocycles. The molecule has 1 aliphatic rings. The standard InChI is InChI=1S/C13H21BN2O2.ClH/c1-6-15-11-9-7-8-10(16-11)14-17-12(2,3)13(4,5)18-14;/h7-9H,6H2,1-5H3,(H,15,16);1H. The Hall–Kier alpha value is -0.775. The van der Waals surface area contributed by atoms with Gasteiger partial charge < -0.3 is 14.6 Å². The molecular weight excluding hydrogens is 262 g/mol. The van der Waals surface area contributed by atoms with Gasteiger partial charge >= 0.3 is 7.12 Å². The molecule has 0 unspecified atom stereocenters. The molecule has 1 fully saturated rings. The SMILES string of the molecule is CCNc1cccc(B2OC(C)(C)C(C)(C)O2)n1.Cl. The van der Waals surface area contributed by atoms with Gasteiger partial charge in [0.1, 0.15) is 5.82 Å². The fourth-order valence-corrected chi connectivity index (χ4v) is 1.83. The average molecular weight is 285 g/mol. The van der Waals surface area contributed by atoms with Crippen molar-refractivity contribution in [3.05, 3.63) is 18.2 Å². The van der Waals surface area contributed by atoms with Crippen LogP contribution in [0.3, 0.4) is 0 Å². The zero-order valence-corrected chi connectivity index (χ0v) is 13.0. The summed E-state index contributed by atoms with van der Waals surface area (Å²) in [7, 11) is -0.395. The van der Waals surface area contributed by atoms with Gasteiger partial charge in [0.25, 0.3) is 0 Å². The zero-order valence-electron chi connectivity index (χ0n) is 12.2. The lowest BCUT2D eigenvalue weighted by Crippen LogP contribution is -2.41. The first-order valence-electron chi connectivity index (χ1n) is 6.42. The van der Waals surface area contributed by atoms with E-state index < -0.39 is 7.12 Å². The fourth-order valence-electron chi connectivity index (χ4n) is 1.83. The molecule has 0 saturated carbocycles. The van der Waals surface area contributed by atoms with Crippen LogP contribution in [0, 0.1) is 0 Å². The van der Waals surface area contributed by atoms with Crippen molar-refractivity contribution in [1.29, 1.82) is 0 Å². The Bertz CT molecular complexity index is 424. The molecule has 4 nitrogen and oxygen atoms in total. The van der Waals surface area contributed by atoms with E-state index in [2.05, 4.69) is 10.3 Å². The molecule has 0 bridgehead atoms.